The van der Waals surface area contributed by atoms with E-state index >= 15 is 0 Å². The third kappa shape index (κ3) is 1.61. The zero-order valence-corrected chi connectivity index (χ0v) is 8.47. The number of thiazole rings is 1. The quantitative estimate of drug-likeness (QED) is 0.821. The number of fused-ring (bicyclic) bond motifs is 1. The summed E-state index contributed by atoms with van der Waals surface area (Å²) in [5.74, 6) is -0.832. The number of aliphatic carboxylic acids is 1. The molecular weight excluding hydrogens is 198 g/mol. The zero-order chi connectivity index (χ0) is 10.1. The van der Waals surface area contributed by atoms with Gasteiger partial charge >= 0.3 is 5.97 Å². The second-order valence-electron chi connectivity index (χ2n) is 3.10. The molecule has 0 fully saturated rings. The monoisotopic (exact) mass is 207 g/mol. The number of rotatable bonds is 2. The van der Waals surface area contributed by atoms with Crippen molar-refractivity contribution in [3.05, 3.63) is 28.8 Å². The minimum Gasteiger partial charge on any atom is -0.481 e. The zero-order valence-electron chi connectivity index (χ0n) is 7.65. The smallest absolute Gasteiger partial charge is 0.310 e. The summed E-state index contributed by atoms with van der Waals surface area (Å²) in [5.41, 5.74) is 2.04. The van der Waals surface area contributed by atoms with E-state index in [9.17, 15) is 4.79 Å². The molecule has 0 aliphatic carbocycles. The number of benzene rings is 1. The fraction of sp³-hybridized carbons (Fsp3) is 0.200. The molecule has 0 saturated carbocycles. The molecule has 14 heavy (non-hydrogen) atoms. The summed E-state index contributed by atoms with van der Waals surface area (Å²) in [6, 6.07) is 5.84. The van der Waals surface area contributed by atoms with Gasteiger partial charge < -0.3 is 5.11 Å². The van der Waals surface area contributed by atoms with E-state index in [0.29, 0.717) is 5.01 Å². The summed E-state index contributed by atoms with van der Waals surface area (Å²) in [4.78, 5) is 14.7. The van der Waals surface area contributed by atoms with Gasteiger partial charge in [0.15, 0.2) is 0 Å². The van der Waals surface area contributed by atoms with E-state index < -0.39 is 5.97 Å². The molecular formula is C10H9NO2S. The Morgan fingerprint density at radius 3 is 3.00 bits per heavy atom. The SMILES string of the molecule is Cc1cccc2nc(CC(=O)O)sc12. The molecule has 0 aliphatic heterocycles. The number of hydrogen-bond donors (Lipinski definition) is 1. The molecule has 1 heterocycles. The lowest BCUT2D eigenvalue weighted by Gasteiger charge is -1.90. The van der Waals surface area contributed by atoms with Crippen LogP contribution in [-0.4, -0.2) is 16.1 Å². The molecule has 2 aromatic rings. The topological polar surface area (TPSA) is 50.2 Å². The van der Waals surface area contributed by atoms with Gasteiger partial charge in [-0.25, -0.2) is 4.98 Å². The van der Waals surface area contributed by atoms with Gasteiger partial charge in [0.1, 0.15) is 5.01 Å². The predicted molar refractivity (Wildman–Crippen MR) is 55.7 cm³/mol. The number of hydrogen-bond acceptors (Lipinski definition) is 3. The number of carbonyl (C=O) groups is 1. The van der Waals surface area contributed by atoms with E-state index in [1.165, 1.54) is 11.3 Å². The van der Waals surface area contributed by atoms with Gasteiger partial charge in [0, 0.05) is 0 Å². The third-order valence-corrected chi connectivity index (χ3v) is 3.17. The van der Waals surface area contributed by atoms with Crippen LogP contribution >= 0.6 is 11.3 Å². The molecule has 3 nitrogen and oxygen atoms in total. The van der Waals surface area contributed by atoms with Gasteiger partial charge in [-0.05, 0) is 18.6 Å². The molecule has 0 saturated heterocycles. The Morgan fingerprint density at radius 2 is 2.36 bits per heavy atom. The largest absolute Gasteiger partial charge is 0.481 e. The molecule has 72 valence electrons. The highest BCUT2D eigenvalue weighted by atomic mass is 32.1. The van der Waals surface area contributed by atoms with Crippen LogP contribution in [0.1, 0.15) is 10.6 Å². The molecule has 0 radical (unpaired) electrons. The Hall–Kier alpha value is -1.42. The van der Waals surface area contributed by atoms with Crippen LogP contribution in [0, 0.1) is 6.92 Å². The second kappa shape index (κ2) is 3.38. The van der Waals surface area contributed by atoms with Crippen LogP contribution in [0.5, 0.6) is 0 Å². The van der Waals surface area contributed by atoms with Crippen LogP contribution < -0.4 is 0 Å². The highest BCUT2D eigenvalue weighted by Gasteiger charge is 2.08. The fourth-order valence-corrected chi connectivity index (χ4v) is 2.36. The normalized spacial score (nSPS) is 10.6. The Labute approximate surface area is 85.0 Å². The van der Waals surface area contributed by atoms with Crippen molar-refractivity contribution in [2.75, 3.05) is 0 Å². The molecule has 0 unspecified atom stereocenters. The molecule has 2 rings (SSSR count). The third-order valence-electron chi connectivity index (χ3n) is 1.96. The lowest BCUT2D eigenvalue weighted by molar-refractivity contribution is -0.136. The highest BCUT2D eigenvalue weighted by molar-refractivity contribution is 7.18. The maximum atomic E-state index is 10.5. The fourth-order valence-electron chi connectivity index (χ4n) is 1.34. The molecule has 1 aromatic heterocycles. The molecule has 1 aromatic carbocycles. The first-order chi connectivity index (χ1) is 6.66. The van der Waals surface area contributed by atoms with Gasteiger partial charge in [-0.2, -0.15) is 0 Å². The maximum absolute atomic E-state index is 10.5. The van der Waals surface area contributed by atoms with E-state index in [1.807, 2.05) is 25.1 Å². The first-order valence-electron chi connectivity index (χ1n) is 4.23. The van der Waals surface area contributed by atoms with E-state index in [-0.39, 0.29) is 6.42 Å². The van der Waals surface area contributed by atoms with Crippen LogP contribution in [-0.2, 0) is 11.2 Å². The summed E-state index contributed by atoms with van der Waals surface area (Å²) in [7, 11) is 0. The van der Waals surface area contributed by atoms with Crippen molar-refractivity contribution < 1.29 is 9.90 Å². The highest BCUT2D eigenvalue weighted by Crippen LogP contribution is 2.25. The lowest BCUT2D eigenvalue weighted by Crippen LogP contribution is -1.98. The Balaban J connectivity index is 2.51. The standard InChI is InChI=1S/C10H9NO2S/c1-6-3-2-4-7-10(6)14-8(11-7)5-9(12)13/h2-4H,5H2,1H3,(H,12,13). The summed E-state index contributed by atoms with van der Waals surface area (Å²) in [6.07, 6.45) is 0.0127. The molecule has 0 aliphatic rings. The van der Waals surface area contributed by atoms with Gasteiger partial charge in [-0.15, -0.1) is 11.3 Å². The van der Waals surface area contributed by atoms with E-state index in [1.54, 1.807) is 0 Å². The van der Waals surface area contributed by atoms with E-state index in [4.69, 9.17) is 5.11 Å². The van der Waals surface area contributed by atoms with Crippen LogP contribution in [0.2, 0.25) is 0 Å². The summed E-state index contributed by atoms with van der Waals surface area (Å²) >= 11 is 1.46. The predicted octanol–water partition coefficient (Wildman–Crippen LogP) is 2.23. The molecule has 0 spiro atoms. The van der Waals surface area contributed by atoms with E-state index in [0.717, 1.165) is 15.8 Å². The summed E-state index contributed by atoms with van der Waals surface area (Å²) in [6.45, 7) is 2.01. The summed E-state index contributed by atoms with van der Waals surface area (Å²) in [5, 5.41) is 9.30. The number of carboxylic acid groups (broad SMARTS) is 1. The lowest BCUT2D eigenvalue weighted by atomic mass is 10.2. The molecule has 4 heteroatoms. The number of aryl methyl sites for hydroxylation is 1. The van der Waals surface area contributed by atoms with Crippen molar-refractivity contribution in [3.63, 3.8) is 0 Å². The second-order valence-corrected chi connectivity index (χ2v) is 4.18. The number of aromatic nitrogens is 1. The van der Waals surface area contributed by atoms with Gasteiger partial charge in [0.2, 0.25) is 0 Å². The van der Waals surface area contributed by atoms with Gasteiger partial charge in [0.25, 0.3) is 0 Å². The Bertz CT molecular complexity index is 490. The molecule has 1 N–H and O–H groups in total. The van der Waals surface area contributed by atoms with Crippen LogP contribution in [0.25, 0.3) is 10.2 Å². The van der Waals surface area contributed by atoms with Crippen molar-refractivity contribution in [1.29, 1.82) is 0 Å². The van der Waals surface area contributed by atoms with Crippen molar-refractivity contribution >= 4 is 27.5 Å². The van der Waals surface area contributed by atoms with Crippen LogP contribution in [0.15, 0.2) is 18.2 Å². The van der Waals surface area contributed by atoms with Crippen LogP contribution in [0.4, 0.5) is 0 Å². The van der Waals surface area contributed by atoms with Crippen molar-refractivity contribution in [2.24, 2.45) is 0 Å². The van der Waals surface area contributed by atoms with Crippen LogP contribution in [0.3, 0.4) is 0 Å². The number of carboxylic acids is 1. The Morgan fingerprint density at radius 1 is 1.57 bits per heavy atom. The van der Waals surface area contributed by atoms with E-state index in [2.05, 4.69) is 4.98 Å². The van der Waals surface area contributed by atoms with Crippen molar-refractivity contribution in [2.45, 2.75) is 13.3 Å². The van der Waals surface area contributed by atoms with Gasteiger partial charge in [-0.1, -0.05) is 12.1 Å². The van der Waals surface area contributed by atoms with Crippen molar-refractivity contribution in [1.82, 2.24) is 4.98 Å². The van der Waals surface area contributed by atoms with Gasteiger partial charge in [0.05, 0.1) is 16.6 Å². The maximum Gasteiger partial charge on any atom is 0.310 e. The molecule has 0 atom stereocenters. The van der Waals surface area contributed by atoms with Gasteiger partial charge in [-0.3, -0.25) is 4.79 Å². The average Bonchev–Trinajstić information content (AvgIpc) is 2.47. The first-order valence-corrected chi connectivity index (χ1v) is 5.05. The average molecular weight is 207 g/mol. The minimum atomic E-state index is -0.832. The summed E-state index contributed by atoms with van der Waals surface area (Å²) < 4.78 is 1.09. The minimum absolute atomic E-state index is 0.0127. The van der Waals surface area contributed by atoms with Crippen molar-refractivity contribution in [3.8, 4) is 0 Å². The Kier molecular flexibility index (Phi) is 2.21. The first kappa shape index (κ1) is 9.15. The molecule has 0 amide bonds. The number of nitrogens with zero attached hydrogens (tertiary/aromatic N) is 1. The molecule has 0 bridgehead atoms.